The number of likely N-dealkylation sites (tertiary alicyclic amines) is 1. The Hall–Kier alpha value is -2.02. The van der Waals surface area contributed by atoms with E-state index < -0.39 is 0 Å². The maximum absolute atomic E-state index is 12.6. The van der Waals surface area contributed by atoms with Crippen LogP contribution in [-0.4, -0.2) is 54.6 Å². The zero-order valence-corrected chi connectivity index (χ0v) is 17.1. The number of anilines is 1. The normalized spacial score (nSPS) is 16.9. The molecule has 3 amide bonds. The fraction of sp³-hybridized carbons (Fsp3) is 0.571. The van der Waals surface area contributed by atoms with Gasteiger partial charge in [-0.15, -0.1) is 11.8 Å². The van der Waals surface area contributed by atoms with Crippen molar-refractivity contribution >= 4 is 35.2 Å². The maximum Gasteiger partial charge on any atom is 0.227 e. The Kier molecular flexibility index (Phi) is 7.77. The van der Waals surface area contributed by atoms with Crippen molar-refractivity contribution in [1.29, 1.82) is 0 Å². The Bertz CT molecular complexity index is 702. The monoisotopic (exact) mass is 403 g/mol. The van der Waals surface area contributed by atoms with Crippen LogP contribution in [0.4, 0.5) is 5.69 Å². The van der Waals surface area contributed by atoms with Gasteiger partial charge in [-0.05, 0) is 25.0 Å². The van der Waals surface area contributed by atoms with Crippen LogP contribution in [0.1, 0.15) is 44.9 Å². The van der Waals surface area contributed by atoms with Crippen molar-refractivity contribution in [3.63, 3.8) is 0 Å². The van der Waals surface area contributed by atoms with Gasteiger partial charge in [-0.3, -0.25) is 14.4 Å². The fourth-order valence-corrected chi connectivity index (χ4v) is 4.65. The molecule has 1 N–H and O–H groups in total. The van der Waals surface area contributed by atoms with Crippen LogP contribution in [-0.2, 0) is 14.4 Å². The minimum absolute atomic E-state index is 0.0245. The van der Waals surface area contributed by atoms with Gasteiger partial charge in [0, 0.05) is 56.1 Å². The molecule has 1 saturated heterocycles. The first kappa shape index (κ1) is 20.7. The number of nitrogens with zero attached hydrogens (tertiary/aromatic N) is 2. The highest BCUT2D eigenvalue weighted by Crippen LogP contribution is 2.34. The number of para-hydroxylation sites is 1. The van der Waals surface area contributed by atoms with Crippen LogP contribution < -0.4 is 10.2 Å². The summed E-state index contributed by atoms with van der Waals surface area (Å²) in [6, 6.07) is 7.88. The van der Waals surface area contributed by atoms with Crippen LogP contribution in [0.25, 0.3) is 0 Å². The Morgan fingerprint density at radius 2 is 1.64 bits per heavy atom. The van der Waals surface area contributed by atoms with Gasteiger partial charge in [-0.1, -0.05) is 25.0 Å². The van der Waals surface area contributed by atoms with Crippen LogP contribution in [0.15, 0.2) is 29.2 Å². The number of benzene rings is 1. The van der Waals surface area contributed by atoms with Crippen molar-refractivity contribution in [3.8, 4) is 0 Å². The van der Waals surface area contributed by atoms with Crippen molar-refractivity contribution in [1.82, 2.24) is 10.2 Å². The van der Waals surface area contributed by atoms with Crippen LogP contribution in [0, 0.1) is 0 Å². The van der Waals surface area contributed by atoms with Gasteiger partial charge in [0.05, 0.1) is 5.69 Å². The number of thioether (sulfide) groups is 1. The number of fused-ring (bicyclic) bond motifs is 1. The standard InChI is InChI=1S/C21H29N3O3S/c25-19(22-12-11-20(26)23-13-5-1-2-6-14-23)9-10-21(27)24-15-16-28-18-8-4-3-7-17(18)24/h3-4,7-8H,1-2,5-6,9-16H2,(H,22,25). The second kappa shape index (κ2) is 10.5. The number of hydrogen-bond acceptors (Lipinski definition) is 4. The lowest BCUT2D eigenvalue weighted by Crippen LogP contribution is -2.37. The van der Waals surface area contributed by atoms with Gasteiger partial charge in [0.25, 0.3) is 0 Å². The first-order valence-corrected chi connectivity index (χ1v) is 11.2. The summed E-state index contributed by atoms with van der Waals surface area (Å²) in [5, 5.41) is 2.78. The molecule has 0 bridgehead atoms. The molecule has 2 heterocycles. The fourth-order valence-electron chi connectivity index (χ4n) is 3.66. The lowest BCUT2D eigenvalue weighted by atomic mass is 10.2. The molecule has 0 aromatic heterocycles. The van der Waals surface area contributed by atoms with E-state index in [2.05, 4.69) is 5.32 Å². The molecule has 1 aromatic rings. The second-order valence-electron chi connectivity index (χ2n) is 7.26. The van der Waals surface area contributed by atoms with E-state index >= 15 is 0 Å². The Morgan fingerprint density at radius 1 is 0.893 bits per heavy atom. The van der Waals surface area contributed by atoms with E-state index in [4.69, 9.17) is 0 Å². The van der Waals surface area contributed by atoms with Crippen molar-refractivity contribution in [3.05, 3.63) is 24.3 Å². The van der Waals surface area contributed by atoms with E-state index in [-0.39, 0.29) is 30.6 Å². The van der Waals surface area contributed by atoms with Crippen LogP contribution in [0.5, 0.6) is 0 Å². The number of nitrogens with one attached hydrogen (secondary N) is 1. The van der Waals surface area contributed by atoms with Crippen molar-refractivity contribution in [2.24, 2.45) is 0 Å². The van der Waals surface area contributed by atoms with Crippen molar-refractivity contribution < 1.29 is 14.4 Å². The number of amides is 3. The minimum Gasteiger partial charge on any atom is -0.356 e. The van der Waals surface area contributed by atoms with E-state index in [0.717, 1.165) is 42.3 Å². The summed E-state index contributed by atoms with van der Waals surface area (Å²) < 4.78 is 0. The molecule has 28 heavy (non-hydrogen) atoms. The molecule has 2 aliphatic heterocycles. The van der Waals surface area contributed by atoms with Gasteiger partial charge in [0.1, 0.15) is 0 Å². The lowest BCUT2D eigenvalue weighted by molar-refractivity contribution is -0.131. The molecule has 2 aliphatic rings. The summed E-state index contributed by atoms with van der Waals surface area (Å²) in [7, 11) is 0. The number of rotatable bonds is 6. The van der Waals surface area contributed by atoms with Gasteiger partial charge in [-0.25, -0.2) is 0 Å². The summed E-state index contributed by atoms with van der Waals surface area (Å²) in [4.78, 5) is 41.7. The van der Waals surface area contributed by atoms with Gasteiger partial charge in [0.2, 0.25) is 17.7 Å². The maximum atomic E-state index is 12.6. The zero-order chi connectivity index (χ0) is 19.8. The molecule has 0 saturated carbocycles. The number of carbonyl (C=O) groups is 3. The molecule has 1 aromatic carbocycles. The van der Waals surface area contributed by atoms with Crippen molar-refractivity contribution in [2.45, 2.75) is 49.8 Å². The summed E-state index contributed by atoms with van der Waals surface area (Å²) >= 11 is 1.75. The predicted molar refractivity (Wildman–Crippen MR) is 111 cm³/mol. The molecule has 0 aliphatic carbocycles. The second-order valence-corrected chi connectivity index (χ2v) is 8.39. The molecular weight excluding hydrogens is 374 g/mol. The predicted octanol–water partition coefficient (Wildman–Crippen LogP) is 2.81. The zero-order valence-electron chi connectivity index (χ0n) is 16.3. The average molecular weight is 404 g/mol. The van der Waals surface area contributed by atoms with E-state index in [1.807, 2.05) is 29.2 Å². The topological polar surface area (TPSA) is 69.7 Å². The average Bonchev–Trinajstić information content (AvgIpc) is 3.01. The first-order chi connectivity index (χ1) is 13.6. The SMILES string of the molecule is O=C(CCC(=O)N1CCSc2ccccc21)NCCC(=O)N1CCCCCC1. The van der Waals surface area contributed by atoms with E-state index in [1.54, 1.807) is 16.7 Å². The number of carbonyl (C=O) groups excluding carboxylic acids is 3. The smallest absolute Gasteiger partial charge is 0.227 e. The molecule has 1 fully saturated rings. The molecule has 0 radical (unpaired) electrons. The first-order valence-electron chi connectivity index (χ1n) is 10.2. The third-order valence-electron chi connectivity index (χ3n) is 5.22. The highest BCUT2D eigenvalue weighted by Gasteiger charge is 2.23. The largest absolute Gasteiger partial charge is 0.356 e. The highest BCUT2D eigenvalue weighted by molar-refractivity contribution is 7.99. The quantitative estimate of drug-likeness (QED) is 0.793. The molecule has 152 valence electrons. The van der Waals surface area contributed by atoms with Crippen molar-refractivity contribution in [2.75, 3.05) is 36.8 Å². The highest BCUT2D eigenvalue weighted by atomic mass is 32.2. The summed E-state index contributed by atoms with van der Waals surface area (Å²) in [5.41, 5.74) is 0.937. The van der Waals surface area contributed by atoms with E-state index in [1.165, 1.54) is 12.8 Å². The molecular formula is C21H29N3O3S. The molecule has 0 spiro atoms. The van der Waals surface area contributed by atoms with Crippen LogP contribution >= 0.6 is 11.8 Å². The molecule has 0 unspecified atom stereocenters. The van der Waals surface area contributed by atoms with Gasteiger partial charge >= 0.3 is 0 Å². The molecule has 6 nitrogen and oxygen atoms in total. The van der Waals surface area contributed by atoms with E-state index in [9.17, 15) is 14.4 Å². The third kappa shape index (κ3) is 5.74. The number of hydrogen-bond donors (Lipinski definition) is 1. The molecule has 3 rings (SSSR count). The Balaban J connectivity index is 1.37. The van der Waals surface area contributed by atoms with E-state index in [0.29, 0.717) is 19.5 Å². The lowest BCUT2D eigenvalue weighted by Gasteiger charge is -2.29. The van der Waals surface area contributed by atoms with Crippen LogP contribution in [0.2, 0.25) is 0 Å². The Morgan fingerprint density at radius 3 is 2.43 bits per heavy atom. The van der Waals surface area contributed by atoms with Crippen LogP contribution in [0.3, 0.4) is 0 Å². The summed E-state index contributed by atoms with van der Waals surface area (Å²) in [6.07, 6.45) is 5.18. The molecule has 0 atom stereocenters. The van der Waals surface area contributed by atoms with Gasteiger partial charge in [0.15, 0.2) is 0 Å². The third-order valence-corrected chi connectivity index (χ3v) is 6.26. The summed E-state index contributed by atoms with van der Waals surface area (Å²) in [5.74, 6) is 0.786. The minimum atomic E-state index is -0.170. The summed E-state index contributed by atoms with van der Waals surface area (Å²) in [6.45, 7) is 2.67. The Labute approximate surface area is 171 Å². The van der Waals surface area contributed by atoms with Gasteiger partial charge < -0.3 is 15.1 Å². The van der Waals surface area contributed by atoms with Gasteiger partial charge in [-0.2, -0.15) is 0 Å². The molecule has 7 heteroatoms.